The topological polar surface area (TPSA) is 53.4 Å². The van der Waals surface area contributed by atoms with Gasteiger partial charge in [0.1, 0.15) is 6.61 Å². The fraction of sp³-hybridized carbons (Fsp3) is 0.200. The number of thiazole rings is 1. The lowest BCUT2D eigenvalue weighted by Gasteiger charge is -2.29. The summed E-state index contributed by atoms with van der Waals surface area (Å²) in [6, 6.07) is 11.1. The lowest BCUT2D eigenvalue weighted by atomic mass is 9.96. The van der Waals surface area contributed by atoms with Gasteiger partial charge >= 0.3 is 0 Å². The first kappa shape index (κ1) is 18.4. The highest BCUT2D eigenvalue weighted by Gasteiger charge is 2.23. The van der Waals surface area contributed by atoms with Gasteiger partial charge in [0.2, 0.25) is 0 Å². The number of aliphatic hydroxyl groups excluding tert-OH is 1. The van der Waals surface area contributed by atoms with Crippen molar-refractivity contribution < 1.29 is 9.90 Å². The third-order valence-electron chi connectivity index (χ3n) is 4.64. The monoisotopic (exact) mass is 418 g/mol. The molecule has 0 amide bonds. The van der Waals surface area contributed by atoms with Crippen LogP contribution in [0.15, 0.2) is 41.8 Å². The second-order valence-electron chi connectivity index (χ2n) is 6.37. The van der Waals surface area contributed by atoms with E-state index in [2.05, 4.69) is 4.90 Å². The van der Waals surface area contributed by atoms with E-state index in [4.69, 9.17) is 33.3 Å². The summed E-state index contributed by atoms with van der Waals surface area (Å²) in [6.07, 6.45) is 0.772. The van der Waals surface area contributed by atoms with Crippen LogP contribution in [0, 0.1) is 0 Å². The van der Waals surface area contributed by atoms with Crippen LogP contribution in [0.1, 0.15) is 21.5 Å². The van der Waals surface area contributed by atoms with Crippen molar-refractivity contribution in [1.82, 2.24) is 4.98 Å². The zero-order valence-corrected chi connectivity index (χ0v) is 16.6. The van der Waals surface area contributed by atoms with Crippen LogP contribution in [0.4, 0.5) is 5.13 Å². The molecule has 0 atom stereocenters. The molecule has 0 fully saturated rings. The molecule has 138 valence electrons. The quantitative estimate of drug-likeness (QED) is 0.614. The number of rotatable bonds is 4. The number of aliphatic hydroxyl groups is 1. The average Bonchev–Trinajstić information content (AvgIpc) is 3.17. The molecular weight excluding hydrogens is 403 g/mol. The van der Waals surface area contributed by atoms with Crippen molar-refractivity contribution in [2.24, 2.45) is 0 Å². The lowest BCUT2D eigenvalue weighted by Crippen LogP contribution is -2.30. The fourth-order valence-corrected chi connectivity index (χ4v) is 4.58. The third kappa shape index (κ3) is 3.73. The Morgan fingerprint density at radius 1 is 1.26 bits per heavy atom. The van der Waals surface area contributed by atoms with Crippen molar-refractivity contribution in [3.05, 3.63) is 68.5 Å². The molecule has 7 heteroatoms. The van der Waals surface area contributed by atoms with Crippen molar-refractivity contribution >= 4 is 45.5 Å². The number of hydrogen-bond donors (Lipinski definition) is 1. The number of Topliss-reactive ketones (excluding diaryl/α,β-unsaturated/α-hetero) is 1. The Morgan fingerprint density at radius 3 is 2.89 bits per heavy atom. The molecule has 0 radical (unpaired) electrons. The second kappa shape index (κ2) is 7.60. The Morgan fingerprint density at radius 2 is 2.11 bits per heavy atom. The van der Waals surface area contributed by atoms with Crippen LogP contribution in [0.5, 0.6) is 0 Å². The molecule has 1 aromatic heterocycles. The first-order valence-corrected chi connectivity index (χ1v) is 10.1. The molecule has 4 nitrogen and oxygen atoms in total. The number of fused-ring (bicyclic) bond motifs is 1. The number of anilines is 1. The summed E-state index contributed by atoms with van der Waals surface area (Å²) in [5.41, 5.74) is 4.43. The highest BCUT2D eigenvalue weighted by molar-refractivity contribution is 7.14. The molecule has 27 heavy (non-hydrogen) atoms. The molecule has 0 bridgehead atoms. The highest BCUT2D eigenvalue weighted by atomic mass is 35.5. The van der Waals surface area contributed by atoms with Gasteiger partial charge in [-0.3, -0.25) is 4.79 Å². The van der Waals surface area contributed by atoms with Gasteiger partial charge in [-0.15, -0.1) is 11.3 Å². The van der Waals surface area contributed by atoms with Crippen LogP contribution in [-0.4, -0.2) is 29.0 Å². The van der Waals surface area contributed by atoms with Crippen molar-refractivity contribution in [3.63, 3.8) is 0 Å². The number of aromatic nitrogens is 1. The summed E-state index contributed by atoms with van der Waals surface area (Å²) in [4.78, 5) is 18.7. The molecule has 2 heterocycles. The van der Waals surface area contributed by atoms with Crippen LogP contribution < -0.4 is 4.90 Å². The predicted octanol–water partition coefficient (Wildman–Crippen LogP) is 4.85. The maximum Gasteiger partial charge on any atom is 0.188 e. The van der Waals surface area contributed by atoms with E-state index in [0.29, 0.717) is 22.2 Å². The SMILES string of the molecule is O=C(CO)c1cc(Cl)c2c(c1)CCN(c1nc(-c3cccc(Cl)c3)cs1)C2. The van der Waals surface area contributed by atoms with Gasteiger partial charge in [0.25, 0.3) is 0 Å². The van der Waals surface area contributed by atoms with Gasteiger partial charge in [-0.2, -0.15) is 0 Å². The van der Waals surface area contributed by atoms with Gasteiger partial charge in [-0.25, -0.2) is 4.98 Å². The average molecular weight is 419 g/mol. The van der Waals surface area contributed by atoms with Crippen LogP contribution in [0.3, 0.4) is 0 Å². The molecule has 0 saturated carbocycles. The van der Waals surface area contributed by atoms with E-state index >= 15 is 0 Å². The molecule has 4 rings (SSSR count). The van der Waals surface area contributed by atoms with Crippen molar-refractivity contribution in [1.29, 1.82) is 0 Å². The second-order valence-corrected chi connectivity index (χ2v) is 8.05. The smallest absolute Gasteiger partial charge is 0.188 e. The Balaban J connectivity index is 1.59. The van der Waals surface area contributed by atoms with E-state index < -0.39 is 6.61 Å². The number of halogens is 2. The van der Waals surface area contributed by atoms with E-state index in [-0.39, 0.29) is 5.78 Å². The first-order valence-electron chi connectivity index (χ1n) is 8.47. The number of ketones is 1. The summed E-state index contributed by atoms with van der Waals surface area (Å²) < 4.78 is 0. The summed E-state index contributed by atoms with van der Waals surface area (Å²) in [5, 5.41) is 13.3. The van der Waals surface area contributed by atoms with E-state index in [9.17, 15) is 4.79 Å². The Kier molecular flexibility index (Phi) is 5.19. The zero-order chi connectivity index (χ0) is 19.0. The molecule has 2 aromatic carbocycles. The summed E-state index contributed by atoms with van der Waals surface area (Å²) in [7, 11) is 0. The van der Waals surface area contributed by atoms with Crippen molar-refractivity contribution in [2.75, 3.05) is 18.1 Å². The minimum absolute atomic E-state index is 0.312. The largest absolute Gasteiger partial charge is 0.388 e. The minimum Gasteiger partial charge on any atom is -0.388 e. The molecule has 3 aromatic rings. The molecular formula is C20H16Cl2N2O2S. The Labute approximate surface area is 171 Å². The predicted molar refractivity (Wildman–Crippen MR) is 110 cm³/mol. The number of hydrogen-bond acceptors (Lipinski definition) is 5. The minimum atomic E-state index is -0.507. The Bertz CT molecular complexity index is 1020. The van der Waals surface area contributed by atoms with Gasteiger partial charge in [0.15, 0.2) is 10.9 Å². The molecule has 0 saturated heterocycles. The zero-order valence-electron chi connectivity index (χ0n) is 14.3. The third-order valence-corrected chi connectivity index (χ3v) is 6.11. The van der Waals surface area contributed by atoms with Crippen molar-refractivity contribution in [2.45, 2.75) is 13.0 Å². The first-order chi connectivity index (χ1) is 13.0. The molecule has 1 N–H and O–H groups in total. The molecule has 0 unspecified atom stereocenters. The molecule has 0 spiro atoms. The lowest BCUT2D eigenvalue weighted by molar-refractivity contribution is 0.0903. The van der Waals surface area contributed by atoms with Gasteiger partial charge in [-0.1, -0.05) is 35.3 Å². The van der Waals surface area contributed by atoms with Crippen LogP contribution in [-0.2, 0) is 13.0 Å². The standard InChI is InChI=1S/C20H16Cl2N2O2S/c21-15-3-1-2-13(7-15)18-11-27-20(23-18)24-5-4-12-6-14(19(26)10-25)8-17(22)16(12)9-24/h1-3,6-8,11,25H,4-5,9-10H2. The summed E-state index contributed by atoms with van der Waals surface area (Å²) in [5.74, 6) is -0.312. The van der Waals surface area contributed by atoms with Gasteiger partial charge in [-0.05, 0) is 41.8 Å². The van der Waals surface area contributed by atoms with Gasteiger partial charge < -0.3 is 10.0 Å². The summed E-state index contributed by atoms with van der Waals surface area (Å²) >= 11 is 14.1. The summed E-state index contributed by atoms with van der Waals surface area (Å²) in [6.45, 7) is 0.930. The van der Waals surface area contributed by atoms with Crippen molar-refractivity contribution in [3.8, 4) is 11.3 Å². The number of carbonyl (C=O) groups is 1. The van der Waals surface area contributed by atoms with E-state index in [1.165, 1.54) is 0 Å². The van der Waals surface area contributed by atoms with Gasteiger partial charge in [0.05, 0.1) is 5.69 Å². The van der Waals surface area contributed by atoms with E-state index in [1.54, 1.807) is 17.4 Å². The normalized spacial score (nSPS) is 13.5. The highest BCUT2D eigenvalue weighted by Crippen LogP contribution is 2.34. The maximum absolute atomic E-state index is 11.8. The maximum atomic E-state index is 11.8. The van der Waals surface area contributed by atoms with Crippen LogP contribution in [0.2, 0.25) is 10.0 Å². The molecule has 1 aliphatic heterocycles. The molecule has 0 aliphatic carbocycles. The van der Waals surface area contributed by atoms with Crippen LogP contribution in [0.25, 0.3) is 11.3 Å². The molecule has 1 aliphatic rings. The Hall–Kier alpha value is -1.92. The number of carbonyl (C=O) groups excluding carboxylic acids is 1. The van der Waals surface area contributed by atoms with E-state index in [1.807, 2.05) is 35.7 Å². The fourth-order valence-electron chi connectivity index (χ4n) is 3.22. The van der Waals surface area contributed by atoms with Crippen LogP contribution >= 0.6 is 34.5 Å². The van der Waals surface area contributed by atoms with Gasteiger partial charge in [0, 0.05) is 39.6 Å². The van der Waals surface area contributed by atoms with E-state index in [0.717, 1.165) is 40.5 Å². The number of benzene rings is 2. The number of nitrogens with zero attached hydrogens (tertiary/aromatic N) is 2.